The molecule has 16 heavy (non-hydrogen) atoms. The average Bonchev–Trinajstić information content (AvgIpc) is 2.28. The van der Waals surface area contributed by atoms with Gasteiger partial charge in [0.25, 0.3) is 5.91 Å². The summed E-state index contributed by atoms with van der Waals surface area (Å²) < 4.78 is 0. The number of hydrogen-bond donors (Lipinski definition) is 2. The van der Waals surface area contributed by atoms with Gasteiger partial charge in [-0.05, 0) is 19.4 Å². The van der Waals surface area contributed by atoms with E-state index in [1.807, 2.05) is 26.0 Å². The Morgan fingerprint density at radius 2 is 2.31 bits per heavy atom. The number of nitrogens with two attached hydrogens (primary N) is 1. The van der Waals surface area contributed by atoms with Crippen LogP contribution in [0.3, 0.4) is 0 Å². The summed E-state index contributed by atoms with van der Waals surface area (Å²) in [5.41, 5.74) is 7.03. The van der Waals surface area contributed by atoms with Gasteiger partial charge in [-0.3, -0.25) is 4.79 Å². The third kappa shape index (κ3) is 3.08. The Hall–Kier alpha value is -1.84. The third-order valence-corrected chi connectivity index (χ3v) is 2.08. The van der Waals surface area contributed by atoms with Crippen molar-refractivity contribution >= 4 is 17.8 Å². The SMILES string of the molecule is CC/C=C/c1cc(C(=O)NCC)cnc1N. The second-order valence-corrected chi connectivity index (χ2v) is 3.37. The highest BCUT2D eigenvalue weighted by molar-refractivity contribution is 5.94. The van der Waals surface area contributed by atoms with Crippen molar-refractivity contribution in [3.05, 3.63) is 29.5 Å². The number of carbonyl (C=O) groups is 1. The summed E-state index contributed by atoms with van der Waals surface area (Å²) in [5, 5.41) is 2.72. The fraction of sp³-hybridized carbons (Fsp3) is 0.333. The first-order valence-electron chi connectivity index (χ1n) is 5.39. The molecular formula is C12H17N3O. The van der Waals surface area contributed by atoms with Crippen molar-refractivity contribution in [1.29, 1.82) is 0 Å². The summed E-state index contributed by atoms with van der Waals surface area (Å²) >= 11 is 0. The number of rotatable bonds is 4. The molecule has 0 atom stereocenters. The van der Waals surface area contributed by atoms with Gasteiger partial charge in [-0.15, -0.1) is 0 Å². The molecule has 0 radical (unpaired) electrons. The number of allylic oxidation sites excluding steroid dienone is 1. The topological polar surface area (TPSA) is 68.0 Å². The quantitative estimate of drug-likeness (QED) is 0.811. The van der Waals surface area contributed by atoms with Crippen LogP contribution in [0.1, 0.15) is 36.2 Å². The minimum atomic E-state index is -0.124. The monoisotopic (exact) mass is 219 g/mol. The summed E-state index contributed by atoms with van der Waals surface area (Å²) in [7, 11) is 0. The van der Waals surface area contributed by atoms with Crippen LogP contribution in [0.15, 0.2) is 18.3 Å². The van der Waals surface area contributed by atoms with E-state index in [1.54, 1.807) is 6.07 Å². The minimum Gasteiger partial charge on any atom is -0.383 e. The van der Waals surface area contributed by atoms with Crippen molar-refractivity contribution in [2.75, 3.05) is 12.3 Å². The van der Waals surface area contributed by atoms with Crippen LogP contribution in [0, 0.1) is 0 Å². The highest BCUT2D eigenvalue weighted by atomic mass is 16.1. The molecule has 0 spiro atoms. The standard InChI is InChI=1S/C12H17N3O/c1-3-5-6-9-7-10(8-15-11(9)13)12(16)14-4-2/h5-8H,3-4H2,1-2H3,(H2,13,15)(H,14,16)/b6-5+. The lowest BCUT2D eigenvalue weighted by Crippen LogP contribution is -2.23. The van der Waals surface area contributed by atoms with E-state index in [-0.39, 0.29) is 5.91 Å². The molecule has 0 aromatic carbocycles. The molecule has 4 heteroatoms. The second-order valence-electron chi connectivity index (χ2n) is 3.37. The van der Waals surface area contributed by atoms with E-state index < -0.39 is 0 Å². The molecule has 0 saturated heterocycles. The Bertz CT molecular complexity index is 399. The van der Waals surface area contributed by atoms with Crippen molar-refractivity contribution in [1.82, 2.24) is 10.3 Å². The summed E-state index contributed by atoms with van der Waals surface area (Å²) in [5.74, 6) is 0.318. The molecule has 0 bridgehead atoms. The largest absolute Gasteiger partial charge is 0.383 e. The Morgan fingerprint density at radius 1 is 1.56 bits per heavy atom. The van der Waals surface area contributed by atoms with Gasteiger partial charge in [-0.2, -0.15) is 0 Å². The number of carbonyl (C=O) groups excluding carboxylic acids is 1. The van der Waals surface area contributed by atoms with Crippen molar-refractivity contribution in [3.63, 3.8) is 0 Å². The second kappa shape index (κ2) is 5.90. The normalized spacial score (nSPS) is 10.6. The smallest absolute Gasteiger partial charge is 0.252 e. The lowest BCUT2D eigenvalue weighted by molar-refractivity contribution is 0.0955. The van der Waals surface area contributed by atoms with Crippen molar-refractivity contribution in [3.8, 4) is 0 Å². The number of anilines is 1. The predicted octanol–water partition coefficient (Wildman–Crippen LogP) is 1.84. The van der Waals surface area contributed by atoms with Gasteiger partial charge in [0.05, 0.1) is 5.56 Å². The first-order valence-corrected chi connectivity index (χ1v) is 5.39. The van der Waals surface area contributed by atoms with Gasteiger partial charge in [0.1, 0.15) is 5.82 Å². The molecule has 4 nitrogen and oxygen atoms in total. The van der Waals surface area contributed by atoms with Crippen molar-refractivity contribution < 1.29 is 4.79 Å². The van der Waals surface area contributed by atoms with Gasteiger partial charge < -0.3 is 11.1 Å². The minimum absolute atomic E-state index is 0.124. The molecule has 86 valence electrons. The lowest BCUT2D eigenvalue weighted by Gasteiger charge is -2.04. The Kier molecular flexibility index (Phi) is 4.51. The number of amides is 1. The third-order valence-electron chi connectivity index (χ3n) is 2.08. The van der Waals surface area contributed by atoms with E-state index in [0.29, 0.717) is 17.9 Å². The summed E-state index contributed by atoms with van der Waals surface area (Å²) in [6.45, 7) is 4.51. The number of hydrogen-bond acceptors (Lipinski definition) is 3. The molecule has 0 saturated carbocycles. The van der Waals surface area contributed by atoms with Gasteiger partial charge in [-0.25, -0.2) is 4.98 Å². The number of aromatic nitrogens is 1. The maximum absolute atomic E-state index is 11.6. The van der Waals surface area contributed by atoms with Gasteiger partial charge in [-0.1, -0.05) is 19.1 Å². The molecule has 1 amide bonds. The van der Waals surface area contributed by atoms with Gasteiger partial charge in [0.2, 0.25) is 0 Å². The van der Waals surface area contributed by atoms with Gasteiger partial charge >= 0.3 is 0 Å². The van der Waals surface area contributed by atoms with Crippen LogP contribution < -0.4 is 11.1 Å². The maximum atomic E-state index is 11.6. The van der Waals surface area contributed by atoms with E-state index in [2.05, 4.69) is 10.3 Å². The highest BCUT2D eigenvalue weighted by Crippen LogP contribution is 2.13. The Morgan fingerprint density at radius 3 is 2.94 bits per heavy atom. The number of nitrogen functional groups attached to an aromatic ring is 1. The Balaban J connectivity index is 2.97. The molecule has 0 unspecified atom stereocenters. The van der Waals surface area contributed by atoms with Crippen LogP contribution in [0.5, 0.6) is 0 Å². The molecule has 1 rings (SSSR count). The zero-order valence-electron chi connectivity index (χ0n) is 9.66. The summed E-state index contributed by atoms with van der Waals surface area (Å²) in [6.07, 6.45) is 6.27. The first-order chi connectivity index (χ1) is 7.69. The van der Waals surface area contributed by atoms with Gasteiger partial charge in [0, 0.05) is 18.3 Å². The molecule has 3 N–H and O–H groups in total. The van der Waals surface area contributed by atoms with Crippen LogP contribution in [0.25, 0.3) is 6.08 Å². The van der Waals surface area contributed by atoms with E-state index in [9.17, 15) is 4.79 Å². The highest BCUT2D eigenvalue weighted by Gasteiger charge is 2.06. The van der Waals surface area contributed by atoms with Crippen LogP contribution in [-0.2, 0) is 0 Å². The maximum Gasteiger partial charge on any atom is 0.252 e. The van der Waals surface area contributed by atoms with Gasteiger partial charge in [0.15, 0.2) is 0 Å². The van der Waals surface area contributed by atoms with Crippen molar-refractivity contribution in [2.24, 2.45) is 0 Å². The first kappa shape index (κ1) is 12.2. The molecule has 0 aliphatic rings. The number of nitrogens with zero attached hydrogens (tertiary/aromatic N) is 1. The zero-order valence-corrected chi connectivity index (χ0v) is 9.66. The predicted molar refractivity (Wildman–Crippen MR) is 66.0 cm³/mol. The van der Waals surface area contributed by atoms with E-state index in [1.165, 1.54) is 6.20 Å². The lowest BCUT2D eigenvalue weighted by atomic mass is 10.1. The van der Waals surface area contributed by atoms with Crippen LogP contribution in [0.4, 0.5) is 5.82 Å². The van der Waals surface area contributed by atoms with Crippen LogP contribution >= 0.6 is 0 Å². The van der Waals surface area contributed by atoms with Crippen LogP contribution in [-0.4, -0.2) is 17.4 Å². The van der Waals surface area contributed by atoms with E-state index in [4.69, 9.17) is 5.73 Å². The fourth-order valence-corrected chi connectivity index (χ4v) is 1.26. The molecule has 0 aliphatic carbocycles. The molecule has 1 aromatic rings. The molecule has 0 fully saturated rings. The molecule has 0 aliphatic heterocycles. The Labute approximate surface area is 95.6 Å². The van der Waals surface area contributed by atoms with E-state index in [0.717, 1.165) is 12.0 Å². The summed E-state index contributed by atoms with van der Waals surface area (Å²) in [4.78, 5) is 15.6. The average molecular weight is 219 g/mol. The molecule has 1 heterocycles. The molecule has 1 aromatic heterocycles. The van der Waals surface area contributed by atoms with Crippen molar-refractivity contribution in [2.45, 2.75) is 20.3 Å². The van der Waals surface area contributed by atoms with Crippen LogP contribution in [0.2, 0.25) is 0 Å². The fourth-order valence-electron chi connectivity index (χ4n) is 1.26. The zero-order chi connectivity index (χ0) is 12.0. The van der Waals surface area contributed by atoms with E-state index >= 15 is 0 Å². The summed E-state index contributed by atoms with van der Waals surface area (Å²) in [6, 6.07) is 1.75. The number of pyridine rings is 1. The number of nitrogens with one attached hydrogen (secondary N) is 1. The molecular weight excluding hydrogens is 202 g/mol.